The molecule has 13 heteroatoms. The van der Waals surface area contributed by atoms with Crippen LogP contribution in [0.25, 0.3) is 11.0 Å². The second-order valence-corrected chi connectivity index (χ2v) is 10.3. The molecular formula is C24H28Cl3F3N5OS+. The highest BCUT2D eigenvalue weighted by Gasteiger charge is 2.48. The lowest BCUT2D eigenvalue weighted by Gasteiger charge is -2.43. The van der Waals surface area contributed by atoms with Crippen molar-refractivity contribution in [3.63, 3.8) is 0 Å². The van der Waals surface area contributed by atoms with Gasteiger partial charge in [-0.3, -0.25) is 4.79 Å². The number of thioether (sulfide) groups is 1. The SMILES string of the molecule is Cl.Cl.Cl.O=C(C1=CC2=CC=C[N@@+]2(N2CCC(n3cnc4cc(C(F)(F)F)ccc43)CC2)C1)N1CCSC1. The number of benzene rings is 1. The highest BCUT2D eigenvalue weighted by molar-refractivity contribution is 7.99. The summed E-state index contributed by atoms with van der Waals surface area (Å²) in [6.45, 7) is 3.09. The average molecular weight is 598 g/mol. The standard InChI is InChI=1S/C24H25F3N5OS.3ClH/c25-24(26,27)18-3-4-22-21(13-18)28-15-31(22)19-5-7-30(8-6-19)32-10-1-2-20(32)12-17(14-32)23(33)29-9-11-34-16-29;;;/h1-4,10,12-13,15,19H,5-9,11,14,16H2;3*1H/q+1;;;/t32-;;;/m1.../s1. The number of aromatic nitrogens is 2. The number of hydrogen-bond acceptors (Lipinski definition) is 4. The number of amides is 1. The number of imidazole rings is 1. The lowest BCUT2D eigenvalue weighted by atomic mass is 10.1. The Morgan fingerprint density at radius 2 is 1.86 bits per heavy atom. The van der Waals surface area contributed by atoms with Gasteiger partial charge in [0.15, 0.2) is 5.70 Å². The Morgan fingerprint density at radius 3 is 2.54 bits per heavy atom. The van der Waals surface area contributed by atoms with Crippen LogP contribution in [0.4, 0.5) is 13.2 Å². The summed E-state index contributed by atoms with van der Waals surface area (Å²) < 4.78 is 41.8. The summed E-state index contributed by atoms with van der Waals surface area (Å²) in [5.41, 5.74) is 2.43. The van der Waals surface area contributed by atoms with Gasteiger partial charge >= 0.3 is 6.18 Å². The van der Waals surface area contributed by atoms with Gasteiger partial charge in [0.05, 0.1) is 47.5 Å². The van der Waals surface area contributed by atoms with E-state index < -0.39 is 11.7 Å². The van der Waals surface area contributed by atoms with Gasteiger partial charge in [0.1, 0.15) is 12.7 Å². The molecule has 1 amide bonds. The molecule has 5 heterocycles. The first kappa shape index (κ1) is 29.9. The third-order valence-electron chi connectivity index (χ3n) is 7.34. The van der Waals surface area contributed by atoms with Crippen LogP contribution in [0.3, 0.4) is 0 Å². The van der Waals surface area contributed by atoms with Crippen molar-refractivity contribution in [2.75, 3.05) is 37.8 Å². The number of fused-ring (bicyclic) bond motifs is 2. The van der Waals surface area contributed by atoms with E-state index in [0.29, 0.717) is 16.7 Å². The van der Waals surface area contributed by atoms with Gasteiger partial charge in [0.2, 0.25) is 0 Å². The first-order valence-corrected chi connectivity index (χ1v) is 12.7. The minimum atomic E-state index is -4.37. The molecule has 1 aromatic carbocycles. The van der Waals surface area contributed by atoms with Crippen molar-refractivity contribution < 1.29 is 22.6 Å². The monoisotopic (exact) mass is 596 g/mol. The van der Waals surface area contributed by atoms with E-state index in [1.54, 1.807) is 18.1 Å². The molecular weight excluding hydrogens is 570 g/mol. The Morgan fingerprint density at radius 1 is 1.11 bits per heavy atom. The van der Waals surface area contributed by atoms with Crippen molar-refractivity contribution in [3.05, 3.63) is 65.8 Å². The number of hydrogen-bond donors (Lipinski definition) is 0. The van der Waals surface area contributed by atoms with Gasteiger partial charge in [-0.05, 0) is 37.1 Å². The van der Waals surface area contributed by atoms with Crippen molar-refractivity contribution >= 4 is 65.9 Å². The second-order valence-electron chi connectivity index (χ2n) is 9.23. The number of carbonyl (C=O) groups excluding carboxylic acids is 1. The van der Waals surface area contributed by atoms with E-state index in [1.807, 2.05) is 9.47 Å². The molecule has 6 rings (SSSR count). The molecule has 2 fully saturated rings. The Kier molecular flexibility index (Phi) is 9.04. The van der Waals surface area contributed by atoms with Crippen LogP contribution >= 0.6 is 49.0 Å². The summed E-state index contributed by atoms with van der Waals surface area (Å²) in [6.07, 6.45) is 7.39. The summed E-state index contributed by atoms with van der Waals surface area (Å²) in [5, 5.41) is 2.40. The molecule has 1 aromatic heterocycles. The first-order chi connectivity index (χ1) is 16.3. The molecule has 0 radical (unpaired) electrons. The molecule has 2 aromatic rings. The van der Waals surface area contributed by atoms with Crippen LogP contribution in [0.1, 0.15) is 24.4 Å². The zero-order valence-corrected chi connectivity index (χ0v) is 23.0. The van der Waals surface area contributed by atoms with Crippen molar-refractivity contribution in [3.8, 4) is 0 Å². The molecule has 2 saturated heterocycles. The van der Waals surface area contributed by atoms with Crippen LogP contribution in [-0.2, 0) is 11.0 Å². The fourth-order valence-electron chi connectivity index (χ4n) is 5.54. The van der Waals surface area contributed by atoms with Crippen LogP contribution in [0.15, 0.2) is 60.2 Å². The largest absolute Gasteiger partial charge is 0.416 e. The topological polar surface area (TPSA) is 41.4 Å². The van der Waals surface area contributed by atoms with Gasteiger partial charge in [-0.25, -0.2) is 4.98 Å². The highest BCUT2D eigenvalue weighted by Crippen LogP contribution is 2.40. The number of quaternary nitrogens is 1. The van der Waals surface area contributed by atoms with E-state index in [2.05, 4.69) is 34.4 Å². The Bertz CT molecular complexity index is 1250. The fourth-order valence-corrected chi connectivity index (χ4v) is 6.48. The number of rotatable bonds is 3. The fraction of sp³-hybridized carbons (Fsp3) is 0.417. The summed E-state index contributed by atoms with van der Waals surface area (Å²) in [5.74, 6) is 1.90. The Balaban J connectivity index is 0.00000127. The smallest absolute Gasteiger partial charge is 0.329 e. The van der Waals surface area contributed by atoms with Gasteiger partial charge < -0.3 is 9.47 Å². The van der Waals surface area contributed by atoms with E-state index in [0.717, 1.165) is 73.0 Å². The van der Waals surface area contributed by atoms with Crippen molar-refractivity contribution in [1.82, 2.24) is 19.5 Å². The summed E-state index contributed by atoms with van der Waals surface area (Å²) in [6, 6.07) is 3.96. The molecule has 0 bridgehead atoms. The Labute approximate surface area is 236 Å². The van der Waals surface area contributed by atoms with E-state index in [1.165, 1.54) is 6.07 Å². The van der Waals surface area contributed by atoms with E-state index in [-0.39, 0.29) is 49.2 Å². The minimum Gasteiger partial charge on any atom is -0.329 e. The van der Waals surface area contributed by atoms with E-state index in [9.17, 15) is 18.0 Å². The number of nitrogens with zero attached hydrogens (tertiary/aromatic N) is 5. The number of allylic oxidation sites excluding steroid dienone is 3. The van der Waals surface area contributed by atoms with Crippen LogP contribution in [0.5, 0.6) is 0 Å². The van der Waals surface area contributed by atoms with Gasteiger partial charge in [0.25, 0.3) is 5.91 Å². The number of carbonyl (C=O) groups is 1. The quantitative estimate of drug-likeness (QED) is 0.434. The maximum Gasteiger partial charge on any atom is 0.416 e. The average Bonchev–Trinajstić information content (AvgIpc) is 3.61. The minimum absolute atomic E-state index is 0. The molecule has 0 aliphatic carbocycles. The Hall–Kier alpha value is -1.69. The molecule has 0 spiro atoms. The normalized spacial score (nSPS) is 23.7. The molecule has 37 heavy (non-hydrogen) atoms. The van der Waals surface area contributed by atoms with Gasteiger partial charge in [0, 0.05) is 30.5 Å². The molecule has 0 N–H and O–H groups in total. The van der Waals surface area contributed by atoms with E-state index >= 15 is 0 Å². The summed E-state index contributed by atoms with van der Waals surface area (Å²) in [4.78, 5) is 19.2. The van der Waals surface area contributed by atoms with Crippen LogP contribution in [0.2, 0.25) is 0 Å². The maximum atomic E-state index is 13.1. The van der Waals surface area contributed by atoms with Gasteiger partial charge in [-0.2, -0.15) is 17.8 Å². The van der Waals surface area contributed by atoms with Crippen LogP contribution in [-0.4, -0.2) is 67.8 Å². The second kappa shape index (κ2) is 11.2. The summed E-state index contributed by atoms with van der Waals surface area (Å²) in [7, 11) is 0. The summed E-state index contributed by atoms with van der Waals surface area (Å²) >= 11 is 1.79. The maximum absolute atomic E-state index is 13.1. The zero-order valence-electron chi connectivity index (χ0n) is 19.8. The van der Waals surface area contributed by atoms with E-state index in [4.69, 9.17) is 0 Å². The van der Waals surface area contributed by atoms with Crippen molar-refractivity contribution in [2.24, 2.45) is 0 Å². The van der Waals surface area contributed by atoms with Gasteiger partial charge in [-0.1, -0.05) is 0 Å². The predicted octanol–water partition coefficient (Wildman–Crippen LogP) is 5.57. The molecule has 0 saturated carbocycles. The third-order valence-corrected chi connectivity index (χ3v) is 8.30. The zero-order chi connectivity index (χ0) is 23.5. The molecule has 4 aliphatic heterocycles. The highest BCUT2D eigenvalue weighted by atomic mass is 35.5. The molecule has 202 valence electrons. The van der Waals surface area contributed by atoms with Crippen molar-refractivity contribution in [2.45, 2.75) is 25.1 Å². The van der Waals surface area contributed by atoms with Crippen molar-refractivity contribution in [1.29, 1.82) is 0 Å². The van der Waals surface area contributed by atoms with Gasteiger partial charge in [-0.15, -0.1) is 54.0 Å². The lowest BCUT2D eigenvalue weighted by molar-refractivity contribution is -0.949. The molecule has 4 aliphatic rings. The predicted molar refractivity (Wildman–Crippen MR) is 146 cm³/mol. The number of alkyl halides is 3. The first-order valence-electron chi connectivity index (χ1n) is 11.5. The number of piperidine rings is 1. The number of halogens is 6. The third kappa shape index (κ3) is 5.16. The van der Waals surface area contributed by atoms with Crippen LogP contribution in [0, 0.1) is 0 Å². The lowest BCUT2D eigenvalue weighted by Crippen LogP contribution is -2.56. The molecule has 0 unspecified atom stereocenters. The van der Waals surface area contributed by atoms with Crippen LogP contribution < -0.4 is 0 Å². The molecule has 1 atom stereocenters. The molecule has 6 nitrogen and oxygen atoms in total.